The third kappa shape index (κ3) is 3.37. The lowest BCUT2D eigenvalue weighted by atomic mass is 10.1. The van der Waals surface area contributed by atoms with E-state index in [1.54, 1.807) is 12.1 Å². The maximum atomic E-state index is 12.3. The summed E-state index contributed by atoms with van der Waals surface area (Å²) < 4.78 is 31.8. The molecule has 0 aliphatic heterocycles. The van der Waals surface area contributed by atoms with Crippen LogP contribution in [0.2, 0.25) is 0 Å². The molecule has 0 heterocycles. The predicted molar refractivity (Wildman–Crippen MR) is 74.9 cm³/mol. The summed E-state index contributed by atoms with van der Waals surface area (Å²) in [7, 11) is -2.45. The molecule has 1 fully saturated rings. The number of carbonyl (C=O) groups is 1. The van der Waals surface area contributed by atoms with Gasteiger partial charge in [0, 0.05) is 6.54 Å². The highest BCUT2D eigenvalue weighted by Crippen LogP contribution is 2.24. The second-order valence-electron chi connectivity index (χ2n) is 4.99. The topological polar surface area (TPSA) is 72.5 Å². The van der Waals surface area contributed by atoms with Crippen molar-refractivity contribution in [2.24, 2.45) is 5.92 Å². The van der Waals surface area contributed by atoms with Crippen molar-refractivity contribution in [2.75, 3.05) is 13.7 Å². The molecule has 110 valence electrons. The maximum Gasteiger partial charge on any atom is 0.339 e. The van der Waals surface area contributed by atoms with Crippen LogP contribution in [0.3, 0.4) is 0 Å². The smallest absolute Gasteiger partial charge is 0.339 e. The normalized spacial score (nSPS) is 16.2. The average Bonchev–Trinajstić information content (AvgIpc) is 2.98. The lowest BCUT2D eigenvalue weighted by Crippen LogP contribution is -2.29. The highest BCUT2D eigenvalue weighted by atomic mass is 32.2. The van der Waals surface area contributed by atoms with Gasteiger partial charge in [-0.3, -0.25) is 0 Å². The molecule has 20 heavy (non-hydrogen) atoms. The fraction of sp³-hybridized carbons (Fsp3) is 0.500. The van der Waals surface area contributed by atoms with E-state index in [2.05, 4.69) is 9.46 Å². The highest BCUT2D eigenvalue weighted by Gasteiger charge is 2.24. The molecule has 0 bridgehead atoms. The molecule has 0 saturated heterocycles. The summed E-state index contributed by atoms with van der Waals surface area (Å²) in [5.41, 5.74) is 0.0638. The lowest BCUT2D eigenvalue weighted by molar-refractivity contribution is 0.0596. The minimum atomic E-state index is -3.68. The summed E-state index contributed by atoms with van der Waals surface area (Å²) in [5.74, 6) is -0.248. The predicted octanol–water partition coefficient (Wildman–Crippen LogP) is 1.94. The SMILES string of the molecule is COC(=O)c1ccccc1S(=O)(=O)NCC1CCCC1. The van der Waals surface area contributed by atoms with Crippen LogP contribution in [0.15, 0.2) is 29.2 Å². The van der Waals surface area contributed by atoms with Gasteiger partial charge in [0.05, 0.1) is 17.6 Å². The molecule has 6 heteroatoms. The van der Waals surface area contributed by atoms with Gasteiger partial charge in [0.1, 0.15) is 0 Å². The molecule has 1 saturated carbocycles. The summed E-state index contributed by atoms with van der Waals surface area (Å²) >= 11 is 0. The number of benzene rings is 1. The molecule has 0 radical (unpaired) electrons. The Labute approximate surface area is 119 Å². The standard InChI is InChI=1S/C14H19NO4S/c1-19-14(16)12-8-4-5-9-13(12)20(17,18)15-10-11-6-2-3-7-11/h4-5,8-9,11,15H,2-3,6-7,10H2,1H3. The Balaban J connectivity index is 2.18. The van der Waals surface area contributed by atoms with Crippen LogP contribution in [-0.2, 0) is 14.8 Å². The highest BCUT2D eigenvalue weighted by molar-refractivity contribution is 7.89. The van der Waals surface area contributed by atoms with Crippen LogP contribution in [0.4, 0.5) is 0 Å². The largest absolute Gasteiger partial charge is 0.465 e. The molecule has 1 aliphatic rings. The summed E-state index contributed by atoms with van der Waals surface area (Å²) in [4.78, 5) is 11.6. The van der Waals surface area contributed by atoms with Gasteiger partial charge in [0.25, 0.3) is 0 Å². The molecule has 0 spiro atoms. The van der Waals surface area contributed by atoms with Crippen LogP contribution in [0.5, 0.6) is 0 Å². The number of hydrogen-bond donors (Lipinski definition) is 1. The number of nitrogens with one attached hydrogen (secondary N) is 1. The van der Waals surface area contributed by atoms with Gasteiger partial charge in [0.15, 0.2) is 0 Å². The van der Waals surface area contributed by atoms with E-state index < -0.39 is 16.0 Å². The molecule has 5 nitrogen and oxygen atoms in total. The number of hydrogen-bond acceptors (Lipinski definition) is 4. The van der Waals surface area contributed by atoms with E-state index in [0.29, 0.717) is 12.5 Å². The van der Waals surface area contributed by atoms with Crippen LogP contribution < -0.4 is 4.72 Å². The van der Waals surface area contributed by atoms with Crippen LogP contribution in [0, 0.1) is 5.92 Å². The van der Waals surface area contributed by atoms with Gasteiger partial charge in [0.2, 0.25) is 10.0 Å². The van der Waals surface area contributed by atoms with Crippen molar-refractivity contribution in [1.82, 2.24) is 4.72 Å². The third-order valence-corrected chi connectivity index (χ3v) is 5.10. The van der Waals surface area contributed by atoms with Gasteiger partial charge in [-0.25, -0.2) is 17.9 Å². The molecule has 2 rings (SSSR count). The fourth-order valence-electron chi connectivity index (χ4n) is 2.50. The Hall–Kier alpha value is -1.40. The minimum Gasteiger partial charge on any atom is -0.465 e. The monoisotopic (exact) mass is 297 g/mol. The maximum absolute atomic E-state index is 12.3. The van der Waals surface area contributed by atoms with Gasteiger partial charge in [-0.05, 0) is 30.9 Å². The van der Waals surface area contributed by atoms with Crippen LogP contribution in [-0.4, -0.2) is 28.0 Å². The number of sulfonamides is 1. The molecule has 0 aromatic heterocycles. The molecule has 1 aliphatic carbocycles. The molecule has 0 atom stereocenters. The van der Waals surface area contributed by atoms with Crippen molar-refractivity contribution in [3.05, 3.63) is 29.8 Å². The number of carbonyl (C=O) groups excluding carboxylic acids is 1. The molecular formula is C14H19NO4S. The fourth-order valence-corrected chi connectivity index (χ4v) is 3.81. The molecule has 0 amide bonds. The molecule has 1 aromatic carbocycles. The minimum absolute atomic E-state index is 0.0233. The van der Waals surface area contributed by atoms with Gasteiger partial charge in [-0.15, -0.1) is 0 Å². The quantitative estimate of drug-likeness (QED) is 0.843. The second kappa shape index (κ2) is 6.37. The summed E-state index contributed by atoms with van der Waals surface area (Å²) in [6.45, 7) is 0.428. The first-order valence-electron chi connectivity index (χ1n) is 6.71. The van der Waals surface area contributed by atoms with E-state index in [4.69, 9.17) is 0 Å². The zero-order chi connectivity index (χ0) is 14.6. The van der Waals surface area contributed by atoms with Crippen molar-refractivity contribution >= 4 is 16.0 Å². The second-order valence-corrected chi connectivity index (χ2v) is 6.73. The van der Waals surface area contributed by atoms with E-state index in [-0.39, 0.29) is 10.5 Å². The van der Waals surface area contributed by atoms with E-state index in [0.717, 1.165) is 25.7 Å². The van der Waals surface area contributed by atoms with Crippen molar-refractivity contribution in [3.63, 3.8) is 0 Å². The number of esters is 1. The third-order valence-electron chi connectivity index (χ3n) is 3.62. The van der Waals surface area contributed by atoms with E-state index in [1.165, 1.54) is 19.2 Å². The first kappa shape index (κ1) is 15.0. The Morgan fingerprint density at radius 3 is 2.60 bits per heavy atom. The average molecular weight is 297 g/mol. The number of rotatable bonds is 5. The van der Waals surface area contributed by atoms with Gasteiger partial charge < -0.3 is 4.74 Å². The van der Waals surface area contributed by atoms with Gasteiger partial charge >= 0.3 is 5.97 Å². The Morgan fingerprint density at radius 2 is 1.95 bits per heavy atom. The van der Waals surface area contributed by atoms with Crippen molar-refractivity contribution in [3.8, 4) is 0 Å². The van der Waals surface area contributed by atoms with Crippen molar-refractivity contribution in [1.29, 1.82) is 0 Å². The molecule has 0 unspecified atom stereocenters. The molecule has 1 aromatic rings. The van der Waals surface area contributed by atoms with Crippen LogP contribution in [0.25, 0.3) is 0 Å². The van der Waals surface area contributed by atoms with Gasteiger partial charge in [-0.1, -0.05) is 25.0 Å². The van der Waals surface area contributed by atoms with E-state index >= 15 is 0 Å². The number of ether oxygens (including phenoxy) is 1. The first-order valence-corrected chi connectivity index (χ1v) is 8.20. The number of methoxy groups -OCH3 is 1. The molecular weight excluding hydrogens is 278 g/mol. The Kier molecular flexibility index (Phi) is 4.77. The Morgan fingerprint density at radius 1 is 1.30 bits per heavy atom. The first-order chi connectivity index (χ1) is 9.54. The summed E-state index contributed by atoms with van der Waals surface area (Å²) in [5, 5.41) is 0. The molecule has 1 N–H and O–H groups in total. The Bertz CT molecular complexity index is 577. The van der Waals surface area contributed by atoms with Crippen LogP contribution >= 0.6 is 0 Å². The zero-order valence-electron chi connectivity index (χ0n) is 11.5. The van der Waals surface area contributed by atoms with E-state index in [9.17, 15) is 13.2 Å². The van der Waals surface area contributed by atoms with Crippen LogP contribution in [0.1, 0.15) is 36.0 Å². The van der Waals surface area contributed by atoms with E-state index in [1.807, 2.05) is 0 Å². The summed E-state index contributed by atoms with van der Waals surface area (Å²) in [6.07, 6.45) is 4.43. The van der Waals surface area contributed by atoms with Gasteiger partial charge in [-0.2, -0.15) is 0 Å². The van der Waals surface area contributed by atoms with Crippen molar-refractivity contribution < 1.29 is 17.9 Å². The zero-order valence-corrected chi connectivity index (χ0v) is 12.3. The van der Waals surface area contributed by atoms with Crippen molar-refractivity contribution in [2.45, 2.75) is 30.6 Å². The lowest BCUT2D eigenvalue weighted by Gasteiger charge is -2.13. The summed E-state index contributed by atoms with van der Waals surface area (Å²) in [6, 6.07) is 6.08.